The van der Waals surface area contributed by atoms with Crippen LogP contribution in [0.15, 0.2) is 152 Å². The van der Waals surface area contributed by atoms with Gasteiger partial charge in [-0.15, -0.1) is 0 Å². The van der Waals surface area contributed by atoms with Crippen molar-refractivity contribution in [2.45, 2.75) is 19.3 Å². The van der Waals surface area contributed by atoms with Crippen LogP contribution in [0.2, 0.25) is 0 Å². The maximum Gasteiger partial charge on any atom is 0.145 e. The van der Waals surface area contributed by atoms with Crippen molar-refractivity contribution >= 4 is 43.7 Å². The van der Waals surface area contributed by atoms with Gasteiger partial charge in [-0.3, -0.25) is 4.57 Å². The Kier molecular flexibility index (Phi) is 5.34. The Labute approximate surface area is 273 Å². The quantitative estimate of drug-likeness (QED) is 0.198. The fourth-order valence-corrected chi connectivity index (χ4v) is 8.31. The summed E-state index contributed by atoms with van der Waals surface area (Å²) >= 11 is 0. The van der Waals surface area contributed by atoms with Gasteiger partial charge in [-0.2, -0.15) is 0 Å². The highest BCUT2D eigenvalue weighted by molar-refractivity contribution is 6.12. The summed E-state index contributed by atoms with van der Waals surface area (Å²) < 4.78 is 4.73. The zero-order valence-corrected chi connectivity index (χ0v) is 26.3. The van der Waals surface area contributed by atoms with Gasteiger partial charge in [-0.25, -0.2) is 4.98 Å². The summed E-state index contributed by atoms with van der Waals surface area (Å²) in [5, 5.41) is 4.86. The van der Waals surface area contributed by atoms with Crippen molar-refractivity contribution in [2.24, 2.45) is 0 Å². The predicted molar refractivity (Wildman–Crippen MR) is 196 cm³/mol. The fourth-order valence-electron chi connectivity index (χ4n) is 8.31. The Balaban J connectivity index is 1.25. The molecule has 0 atom stereocenters. The summed E-state index contributed by atoms with van der Waals surface area (Å²) in [5.74, 6) is 0. The SMILES string of the molecule is CC1(C)c2ccccc2-c2cccc(-c3ccc4c5ccc(-n6c7ccccc7c7cccnc76)cc5n(-c5ccccc5)c4c3)c21. The van der Waals surface area contributed by atoms with Crippen LogP contribution in [0.4, 0.5) is 0 Å². The highest BCUT2D eigenvalue weighted by atomic mass is 15.1. The molecule has 0 spiro atoms. The fraction of sp³-hybridized carbons (Fsp3) is 0.0682. The van der Waals surface area contributed by atoms with Gasteiger partial charge in [0, 0.05) is 44.5 Å². The molecule has 1 aliphatic rings. The van der Waals surface area contributed by atoms with E-state index in [9.17, 15) is 0 Å². The summed E-state index contributed by atoms with van der Waals surface area (Å²) in [5.41, 5.74) is 14.7. The summed E-state index contributed by atoms with van der Waals surface area (Å²) in [6.45, 7) is 4.73. The van der Waals surface area contributed by atoms with E-state index in [0.717, 1.165) is 27.9 Å². The van der Waals surface area contributed by atoms with Gasteiger partial charge < -0.3 is 4.57 Å². The van der Waals surface area contributed by atoms with Crippen LogP contribution in [0.1, 0.15) is 25.0 Å². The molecule has 0 saturated carbocycles. The highest BCUT2D eigenvalue weighted by Gasteiger charge is 2.37. The van der Waals surface area contributed by atoms with Gasteiger partial charge in [-0.05, 0) is 81.9 Å². The molecule has 0 saturated heterocycles. The van der Waals surface area contributed by atoms with E-state index in [1.165, 1.54) is 60.6 Å². The lowest BCUT2D eigenvalue weighted by molar-refractivity contribution is 0.662. The molecule has 0 fully saturated rings. The van der Waals surface area contributed by atoms with Gasteiger partial charge in [0.2, 0.25) is 0 Å². The van der Waals surface area contributed by atoms with Crippen LogP contribution in [-0.4, -0.2) is 14.1 Å². The van der Waals surface area contributed by atoms with E-state index in [0.29, 0.717) is 0 Å². The zero-order chi connectivity index (χ0) is 31.3. The predicted octanol–water partition coefficient (Wildman–Crippen LogP) is 11.2. The van der Waals surface area contributed by atoms with Gasteiger partial charge in [0.25, 0.3) is 0 Å². The van der Waals surface area contributed by atoms with Crippen molar-refractivity contribution < 1.29 is 0 Å². The third-order valence-electron chi connectivity index (χ3n) is 10.3. The normalized spacial score (nSPS) is 13.5. The summed E-state index contributed by atoms with van der Waals surface area (Å²) in [4.78, 5) is 4.85. The third-order valence-corrected chi connectivity index (χ3v) is 10.3. The first-order valence-corrected chi connectivity index (χ1v) is 16.3. The zero-order valence-electron chi connectivity index (χ0n) is 26.3. The Hall–Kier alpha value is -5.93. The average Bonchev–Trinajstić information content (AvgIpc) is 3.71. The first-order chi connectivity index (χ1) is 23.1. The van der Waals surface area contributed by atoms with E-state index in [1.54, 1.807) is 0 Å². The topological polar surface area (TPSA) is 22.8 Å². The molecule has 0 N–H and O–H groups in total. The second-order valence-corrected chi connectivity index (χ2v) is 13.2. The smallest absolute Gasteiger partial charge is 0.145 e. The summed E-state index contributed by atoms with van der Waals surface area (Å²) in [6.07, 6.45) is 1.89. The van der Waals surface area contributed by atoms with Crippen molar-refractivity contribution in [1.82, 2.24) is 14.1 Å². The van der Waals surface area contributed by atoms with E-state index in [2.05, 4.69) is 163 Å². The second kappa shape index (κ2) is 9.54. The van der Waals surface area contributed by atoms with Crippen molar-refractivity contribution in [1.29, 1.82) is 0 Å². The van der Waals surface area contributed by atoms with Gasteiger partial charge in [0.05, 0.1) is 16.6 Å². The summed E-state index contributed by atoms with van der Waals surface area (Å²) in [6, 6.07) is 53.2. The number of hydrogen-bond donors (Lipinski definition) is 0. The minimum Gasteiger partial charge on any atom is -0.309 e. The summed E-state index contributed by atoms with van der Waals surface area (Å²) in [7, 11) is 0. The lowest BCUT2D eigenvalue weighted by atomic mass is 9.79. The molecule has 47 heavy (non-hydrogen) atoms. The number of nitrogens with zero attached hydrogens (tertiary/aromatic N) is 3. The lowest BCUT2D eigenvalue weighted by Gasteiger charge is -2.24. The molecule has 3 heteroatoms. The van der Waals surface area contributed by atoms with Crippen LogP contribution < -0.4 is 0 Å². The molecule has 6 aromatic carbocycles. The molecule has 0 bridgehead atoms. The van der Waals surface area contributed by atoms with Crippen LogP contribution in [0.3, 0.4) is 0 Å². The molecule has 0 aliphatic heterocycles. The number of aromatic nitrogens is 3. The number of benzene rings is 6. The molecule has 9 aromatic rings. The Bertz CT molecular complexity index is 2650. The maximum atomic E-state index is 4.85. The molecular weight excluding hydrogens is 571 g/mol. The Morgan fingerprint density at radius 2 is 1.15 bits per heavy atom. The molecule has 0 amide bonds. The van der Waals surface area contributed by atoms with Crippen molar-refractivity contribution in [3.05, 3.63) is 163 Å². The minimum absolute atomic E-state index is 0.0884. The van der Waals surface area contributed by atoms with Gasteiger partial charge in [0.15, 0.2) is 0 Å². The molecule has 222 valence electrons. The highest BCUT2D eigenvalue weighted by Crippen LogP contribution is 2.52. The van der Waals surface area contributed by atoms with Crippen LogP contribution in [0.5, 0.6) is 0 Å². The molecular formula is C44H31N3. The van der Waals surface area contributed by atoms with Crippen molar-refractivity contribution in [3.63, 3.8) is 0 Å². The van der Waals surface area contributed by atoms with E-state index in [1.807, 2.05) is 12.3 Å². The van der Waals surface area contributed by atoms with Crippen molar-refractivity contribution in [2.75, 3.05) is 0 Å². The molecule has 0 unspecified atom stereocenters. The number of hydrogen-bond acceptors (Lipinski definition) is 1. The number of rotatable bonds is 3. The lowest BCUT2D eigenvalue weighted by Crippen LogP contribution is -2.16. The molecule has 3 heterocycles. The van der Waals surface area contributed by atoms with Crippen LogP contribution in [0.25, 0.3) is 77.4 Å². The van der Waals surface area contributed by atoms with E-state index >= 15 is 0 Å². The number of pyridine rings is 1. The molecule has 3 nitrogen and oxygen atoms in total. The van der Waals surface area contributed by atoms with Crippen LogP contribution >= 0.6 is 0 Å². The standard InChI is InChI=1S/C44H31N3/c1-44(2)38-19-8-6-14-32(38)36-17-10-16-31(42(36)44)28-21-23-34-35-24-22-30(27-41(35)46(40(34)26-28)29-12-4-3-5-13-29)47-39-20-9-7-15-33(39)37-18-11-25-45-43(37)47/h3-27H,1-2H3. The van der Waals surface area contributed by atoms with Gasteiger partial charge >= 0.3 is 0 Å². The molecule has 10 rings (SSSR count). The average molecular weight is 602 g/mol. The number of fused-ring (bicyclic) bond motifs is 9. The second-order valence-electron chi connectivity index (χ2n) is 13.2. The number of para-hydroxylation sites is 2. The van der Waals surface area contributed by atoms with Gasteiger partial charge in [-0.1, -0.05) is 111 Å². The monoisotopic (exact) mass is 601 g/mol. The maximum absolute atomic E-state index is 4.85. The largest absolute Gasteiger partial charge is 0.309 e. The first kappa shape index (κ1) is 26.3. The molecule has 3 aromatic heterocycles. The Morgan fingerprint density at radius 3 is 2.04 bits per heavy atom. The van der Waals surface area contributed by atoms with E-state index < -0.39 is 0 Å². The third kappa shape index (κ3) is 3.60. The van der Waals surface area contributed by atoms with Crippen molar-refractivity contribution in [3.8, 4) is 33.6 Å². The first-order valence-electron chi connectivity index (χ1n) is 16.3. The Morgan fingerprint density at radius 1 is 0.468 bits per heavy atom. The van der Waals surface area contributed by atoms with Crippen LogP contribution in [0, 0.1) is 0 Å². The van der Waals surface area contributed by atoms with E-state index in [4.69, 9.17) is 4.98 Å². The molecule has 1 aliphatic carbocycles. The van der Waals surface area contributed by atoms with Gasteiger partial charge in [0.1, 0.15) is 5.65 Å². The van der Waals surface area contributed by atoms with E-state index in [-0.39, 0.29) is 5.41 Å². The molecule has 0 radical (unpaired) electrons. The van der Waals surface area contributed by atoms with Crippen LogP contribution in [-0.2, 0) is 5.41 Å². The minimum atomic E-state index is -0.0884.